The van der Waals surface area contributed by atoms with Gasteiger partial charge in [-0.05, 0) is 92.9 Å². The van der Waals surface area contributed by atoms with E-state index in [1.54, 1.807) is 0 Å². The van der Waals surface area contributed by atoms with Crippen LogP contribution in [0.2, 0.25) is 0 Å². The summed E-state index contributed by atoms with van der Waals surface area (Å²) in [6, 6.07) is 0. The number of hydrogen-bond acceptors (Lipinski definition) is 4. The van der Waals surface area contributed by atoms with Crippen LogP contribution in [-0.2, 0) is 19.6 Å². The molecule has 0 N–H and O–H groups in total. The molecule has 0 amide bonds. The van der Waals surface area contributed by atoms with Gasteiger partial charge in [-0.1, -0.05) is 27.7 Å². The largest absolute Gasteiger partial charge is 0.230 e. The van der Waals surface area contributed by atoms with Crippen molar-refractivity contribution < 1.29 is 19.6 Å². The molecule has 0 unspecified atom stereocenters. The molecule has 0 aliphatic rings. The monoisotopic (exact) mass is 374 g/mol. The highest BCUT2D eigenvalue weighted by atomic mass is 17.2. The lowest BCUT2D eigenvalue weighted by atomic mass is 9.67. The third-order valence-corrected chi connectivity index (χ3v) is 5.63. The summed E-state index contributed by atoms with van der Waals surface area (Å²) in [7, 11) is 0. The Kier molecular flexibility index (Phi) is 8.01. The molecule has 0 aromatic rings. The van der Waals surface area contributed by atoms with Gasteiger partial charge in [0.2, 0.25) is 0 Å². The van der Waals surface area contributed by atoms with Crippen LogP contribution in [-0.4, -0.2) is 22.4 Å². The van der Waals surface area contributed by atoms with Crippen molar-refractivity contribution in [1.82, 2.24) is 0 Å². The predicted octanol–water partition coefficient (Wildman–Crippen LogP) is 6.87. The van der Waals surface area contributed by atoms with Gasteiger partial charge in [0.05, 0.1) is 11.2 Å². The standard InChI is InChI=1S/C22H46O4/c1-17(2,3)23-25-21(11,12)19(7,8)15-16-20(9,10)22(13,14)26-24-18(4,5)6/h15-16H2,1-14H3. The first-order valence-electron chi connectivity index (χ1n) is 9.86. The van der Waals surface area contributed by atoms with Gasteiger partial charge in [-0.15, -0.1) is 0 Å². The summed E-state index contributed by atoms with van der Waals surface area (Å²) in [4.78, 5) is 22.9. The van der Waals surface area contributed by atoms with E-state index in [9.17, 15) is 0 Å². The average Bonchev–Trinajstić information content (AvgIpc) is 2.39. The lowest BCUT2D eigenvalue weighted by molar-refractivity contribution is -0.419. The van der Waals surface area contributed by atoms with Crippen LogP contribution in [0.25, 0.3) is 0 Å². The minimum Gasteiger partial charge on any atom is -0.230 e. The minimum absolute atomic E-state index is 0.0729. The van der Waals surface area contributed by atoms with E-state index in [0.717, 1.165) is 12.8 Å². The summed E-state index contributed by atoms with van der Waals surface area (Å²) in [5.74, 6) is 0. The first kappa shape index (κ1) is 25.8. The Labute approximate surface area is 163 Å². The number of rotatable bonds is 9. The lowest BCUT2D eigenvalue weighted by Crippen LogP contribution is -2.47. The molecule has 26 heavy (non-hydrogen) atoms. The molecule has 0 fully saturated rings. The van der Waals surface area contributed by atoms with Gasteiger partial charge in [-0.3, -0.25) is 0 Å². The SMILES string of the molecule is CC(C)(C)OOC(C)(C)C(C)(C)CCC(C)(C)C(C)(C)OOC(C)(C)C. The Hall–Kier alpha value is -0.160. The Morgan fingerprint density at radius 2 is 0.615 bits per heavy atom. The molecule has 0 saturated carbocycles. The molecule has 0 aromatic heterocycles. The van der Waals surface area contributed by atoms with Crippen LogP contribution in [0.5, 0.6) is 0 Å². The molecule has 0 bridgehead atoms. The summed E-state index contributed by atoms with van der Waals surface area (Å²) in [5.41, 5.74) is -1.63. The summed E-state index contributed by atoms with van der Waals surface area (Å²) < 4.78 is 0. The molecule has 158 valence electrons. The van der Waals surface area contributed by atoms with E-state index in [-0.39, 0.29) is 22.0 Å². The molecular formula is C22H46O4. The highest BCUT2D eigenvalue weighted by Gasteiger charge is 2.45. The molecule has 0 aliphatic heterocycles. The molecule has 0 rings (SSSR count). The lowest BCUT2D eigenvalue weighted by Gasteiger charge is -2.46. The molecule has 0 atom stereocenters. The molecule has 0 aromatic carbocycles. The van der Waals surface area contributed by atoms with Crippen molar-refractivity contribution in [3.8, 4) is 0 Å². The quantitative estimate of drug-likeness (QED) is 0.326. The van der Waals surface area contributed by atoms with Crippen LogP contribution in [0, 0.1) is 10.8 Å². The van der Waals surface area contributed by atoms with Gasteiger partial charge in [0.15, 0.2) is 0 Å². The van der Waals surface area contributed by atoms with Crippen molar-refractivity contribution in [3.05, 3.63) is 0 Å². The third-order valence-electron chi connectivity index (χ3n) is 5.63. The maximum atomic E-state index is 5.85. The Bertz CT molecular complexity index is 392. The van der Waals surface area contributed by atoms with Crippen molar-refractivity contribution in [2.45, 2.75) is 132 Å². The van der Waals surface area contributed by atoms with Crippen LogP contribution in [0.1, 0.15) is 110 Å². The van der Waals surface area contributed by atoms with E-state index in [2.05, 4.69) is 55.4 Å². The summed E-state index contributed by atoms with van der Waals surface area (Å²) in [6.07, 6.45) is 1.95. The Morgan fingerprint density at radius 3 is 0.808 bits per heavy atom. The third kappa shape index (κ3) is 8.24. The van der Waals surface area contributed by atoms with Crippen LogP contribution in [0.4, 0.5) is 0 Å². The number of hydrogen-bond donors (Lipinski definition) is 0. The van der Waals surface area contributed by atoms with E-state index < -0.39 is 11.2 Å². The van der Waals surface area contributed by atoms with Crippen molar-refractivity contribution in [1.29, 1.82) is 0 Å². The fourth-order valence-corrected chi connectivity index (χ4v) is 1.91. The summed E-state index contributed by atoms with van der Waals surface area (Å²) in [6.45, 7) is 29.3. The van der Waals surface area contributed by atoms with Crippen LogP contribution in [0.15, 0.2) is 0 Å². The first-order valence-corrected chi connectivity index (χ1v) is 9.86. The van der Waals surface area contributed by atoms with Crippen molar-refractivity contribution in [3.63, 3.8) is 0 Å². The van der Waals surface area contributed by atoms with Gasteiger partial charge in [-0.25, -0.2) is 19.6 Å². The smallest absolute Gasteiger partial charge is 0.103 e. The molecular weight excluding hydrogens is 328 g/mol. The van der Waals surface area contributed by atoms with E-state index >= 15 is 0 Å². The fourth-order valence-electron chi connectivity index (χ4n) is 1.91. The van der Waals surface area contributed by atoms with E-state index in [1.807, 2.05) is 41.5 Å². The van der Waals surface area contributed by atoms with E-state index in [1.165, 1.54) is 0 Å². The highest BCUT2D eigenvalue weighted by Crippen LogP contribution is 2.45. The molecule has 4 heteroatoms. The topological polar surface area (TPSA) is 36.9 Å². The average molecular weight is 375 g/mol. The van der Waals surface area contributed by atoms with Crippen molar-refractivity contribution in [2.24, 2.45) is 10.8 Å². The normalized spacial score (nSPS) is 15.5. The van der Waals surface area contributed by atoms with Crippen molar-refractivity contribution >= 4 is 0 Å². The van der Waals surface area contributed by atoms with Crippen LogP contribution < -0.4 is 0 Å². The molecule has 0 spiro atoms. The first-order chi connectivity index (χ1) is 11.1. The molecule has 0 heterocycles. The molecule has 0 saturated heterocycles. The zero-order valence-electron chi connectivity index (χ0n) is 20.0. The summed E-state index contributed by atoms with van der Waals surface area (Å²) >= 11 is 0. The fraction of sp³-hybridized carbons (Fsp3) is 1.00. The second-order valence-electron chi connectivity index (χ2n) is 11.8. The van der Waals surface area contributed by atoms with Gasteiger partial charge in [0.25, 0.3) is 0 Å². The van der Waals surface area contributed by atoms with Gasteiger partial charge in [-0.2, -0.15) is 0 Å². The highest BCUT2D eigenvalue weighted by molar-refractivity contribution is 4.92. The van der Waals surface area contributed by atoms with E-state index in [4.69, 9.17) is 19.6 Å². The second kappa shape index (κ2) is 8.06. The zero-order valence-corrected chi connectivity index (χ0v) is 20.0. The van der Waals surface area contributed by atoms with Crippen molar-refractivity contribution in [2.75, 3.05) is 0 Å². The molecule has 4 nitrogen and oxygen atoms in total. The van der Waals surface area contributed by atoms with Gasteiger partial charge >= 0.3 is 0 Å². The second-order valence-corrected chi connectivity index (χ2v) is 11.8. The van der Waals surface area contributed by atoms with E-state index in [0.29, 0.717) is 0 Å². The maximum absolute atomic E-state index is 5.85. The van der Waals surface area contributed by atoms with Gasteiger partial charge < -0.3 is 0 Å². The Balaban J connectivity index is 4.99. The zero-order chi connectivity index (χ0) is 21.2. The molecule has 0 aliphatic carbocycles. The summed E-state index contributed by atoms with van der Waals surface area (Å²) in [5, 5.41) is 0. The van der Waals surface area contributed by atoms with Crippen LogP contribution in [0.3, 0.4) is 0 Å². The minimum atomic E-state index is -0.413. The van der Waals surface area contributed by atoms with Gasteiger partial charge in [0, 0.05) is 0 Å². The van der Waals surface area contributed by atoms with Gasteiger partial charge in [0.1, 0.15) is 11.2 Å². The Morgan fingerprint density at radius 1 is 0.385 bits per heavy atom. The molecule has 0 radical (unpaired) electrons. The predicted molar refractivity (Wildman–Crippen MR) is 109 cm³/mol. The maximum Gasteiger partial charge on any atom is 0.103 e. The van der Waals surface area contributed by atoms with Crippen LogP contribution >= 0.6 is 0 Å².